The number of hydrogen-bond acceptors (Lipinski definition) is 2. The van der Waals surface area contributed by atoms with Gasteiger partial charge in [-0.2, -0.15) is 13.2 Å². The molecule has 0 aromatic carbocycles. The molecule has 1 saturated carbocycles. The van der Waals surface area contributed by atoms with Crippen LogP contribution in [-0.2, 0) is 6.18 Å². The molecule has 1 aromatic rings. The molecule has 0 bridgehead atoms. The monoisotopic (exact) mass is 216 g/mol. The van der Waals surface area contributed by atoms with Gasteiger partial charge in [0.2, 0.25) is 0 Å². The minimum atomic E-state index is -4.29. The molecule has 0 saturated heterocycles. The molecule has 1 aliphatic carbocycles. The average Bonchev–Trinajstić information content (AvgIpc) is 2.95. The Hall–Kier alpha value is -1.10. The van der Waals surface area contributed by atoms with Crippen molar-refractivity contribution >= 4 is 0 Å². The lowest BCUT2D eigenvalue weighted by Crippen LogP contribution is -2.10. The van der Waals surface area contributed by atoms with Gasteiger partial charge in [-0.1, -0.05) is 0 Å². The lowest BCUT2D eigenvalue weighted by Gasteiger charge is -2.11. The van der Waals surface area contributed by atoms with Gasteiger partial charge in [-0.3, -0.25) is 4.98 Å². The van der Waals surface area contributed by atoms with Crippen LogP contribution in [0.5, 0.6) is 0 Å². The molecule has 82 valence electrons. The summed E-state index contributed by atoms with van der Waals surface area (Å²) in [6.07, 6.45) is -1.07. The van der Waals surface area contributed by atoms with Crippen LogP contribution in [0, 0.1) is 5.92 Å². The van der Waals surface area contributed by atoms with Gasteiger partial charge in [0.1, 0.15) is 0 Å². The van der Waals surface area contributed by atoms with E-state index in [4.69, 9.17) is 5.73 Å². The first-order valence-corrected chi connectivity index (χ1v) is 4.75. The molecule has 5 heteroatoms. The summed E-state index contributed by atoms with van der Waals surface area (Å²) >= 11 is 0. The zero-order valence-electron chi connectivity index (χ0n) is 7.96. The largest absolute Gasteiger partial charge is 0.416 e. The number of nitrogens with two attached hydrogens (primary N) is 1. The fraction of sp³-hybridized carbons (Fsp3) is 0.500. The number of nitrogens with zero attached hydrogens (tertiary/aromatic N) is 1. The Morgan fingerprint density at radius 2 is 2.20 bits per heavy atom. The van der Waals surface area contributed by atoms with Crippen LogP contribution in [0.15, 0.2) is 18.5 Å². The Morgan fingerprint density at radius 3 is 2.73 bits per heavy atom. The minimum Gasteiger partial charge on any atom is -0.330 e. The normalized spacial score (nSPS) is 25.3. The van der Waals surface area contributed by atoms with Gasteiger partial charge in [0.05, 0.1) is 5.56 Å². The molecule has 0 aliphatic heterocycles. The highest BCUT2D eigenvalue weighted by Gasteiger charge is 2.43. The van der Waals surface area contributed by atoms with Crippen molar-refractivity contribution in [1.82, 2.24) is 4.98 Å². The SMILES string of the molecule is NC[C@@H]1C[C@H]1c1cnccc1C(F)(F)F. The molecule has 2 rings (SSSR count). The molecule has 15 heavy (non-hydrogen) atoms. The van der Waals surface area contributed by atoms with E-state index in [9.17, 15) is 13.2 Å². The van der Waals surface area contributed by atoms with Crippen molar-refractivity contribution in [2.24, 2.45) is 11.7 Å². The van der Waals surface area contributed by atoms with Crippen LogP contribution in [0.4, 0.5) is 13.2 Å². The lowest BCUT2D eigenvalue weighted by molar-refractivity contribution is -0.138. The number of rotatable bonds is 2. The van der Waals surface area contributed by atoms with Crippen LogP contribution in [0.1, 0.15) is 23.5 Å². The number of halogens is 3. The molecule has 0 spiro atoms. The summed E-state index contributed by atoms with van der Waals surface area (Å²) < 4.78 is 37.8. The van der Waals surface area contributed by atoms with Crippen LogP contribution in [0.2, 0.25) is 0 Å². The Bertz CT molecular complexity index is 362. The average molecular weight is 216 g/mol. The summed E-state index contributed by atoms with van der Waals surface area (Å²) in [6, 6.07) is 1.03. The molecule has 1 heterocycles. The van der Waals surface area contributed by atoms with Crippen molar-refractivity contribution in [3.8, 4) is 0 Å². The van der Waals surface area contributed by atoms with Gasteiger partial charge in [0, 0.05) is 12.4 Å². The summed E-state index contributed by atoms with van der Waals surface area (Å²) in [5.74, 6) is 0.135. The second-order valence-corrected chi connectivity index (χ2v) is 3.80. The van der Waals surface area contributed by atoms with E-state index in [1.54, 1.807) is 0 Å². The van der Waals surface area contributed by atoms with Gasteiger partial charge in [-0.15, -0.1) is 0 Å². The van der Waals surface area contributed by atoms with Crippen molar-refractivity contribution in [2.75, 3.05) is 6.54 Å². The molecular formula is C10H11F3N2. The van der Waals surface area contributed by atoms with E-state index >= 15 is 0 Å². The standard InChI is InChI=1S/C10H11F3N2/c11-10(12,13)9-1-2-15-5-8(9)7-3-6(7)4-14/h1-2,5-7H,3-4,14H2/t6-,7+/m0/s1. The van der Waals surface area contributed by atoms with Gasteiger partial charge in [-0.05, 0) is 36.4 Å². The minimum absolute atomic E-state index is 0.0553. The fourth-order valence-electron chi connectivity index (χ4n) is 1.85. The highest BCUT2D eigenvalue weighted by atomic mass is 19.4. The quantitative estimate of drug-likeness (QED) is 0.822. The Labute approximate surface area is 85.3 Å². The van der Waals surface area contributed by atoms with Crippen molar-refractivity contribution in [1.29, 1.82) is 0 Å². The van der Waals surface area contributed by atoms with E-state index in [0.717, 1.165) is 12.5 Å². The highest BCUT2D eigenvalue weighted by Crippen LogP contribution is 2.49. The summed E-state index contributed by atoms with van der Waals surface area (Å²) in [5.41, 5.74) is 5.14. The van der Waals surface area contributed by atoms with E-state index < -0.39 is 11.7 Å². The van der Waals surface area contributed by atoms with Crippen molar-refractivity contribution in [3.63, 3.8) is 0 Å². The first-order valence-electron chi connectivity index (χ1n) is 4.75. The van der Waals surface area contributed by atoms with Gasteiger partial charge in [0.15, 0.2) is 0 Å². The second kappa shape index (κ2) is 3.48. The third-order valence-corrected chi connectivity index (χ3v) is 2.78. The predicted octanol–water partition coefficient (Wildman–Crippen LogP) is 2.16. The van der Waals surface area contributed by atoms with Crippen LogP contribution < -0.4 is 5.73 Å². The Balaban J connectivity index is 2.32. The maximum absolute atomic E-state index is 12.6. The molecular weight excluding hydrogens is 205 g/mol. The Morgan fingerprint density at radius 1 is 1.47 bits per heavy atom. The maximum atomic E-state index is 12.6. The van der Waals surface area contributed by atoms with Gasteiger partial charge >= 0.3 is 6.18 Å². The van der Waals surface area contributed by atoms with Crippen molar-refractivity contribution in [2.45, 2.75) is 18.5 Å². The van der Waals surface area contributed by atoms with Crippen LogP contribution in [0.3, 0.4) is 0 Å². The van der Waals surface area contributed by atoms with E-state index in [-0.39, 0.29) is 11.8 Å². The third-order valence-electron chi connectivity index (χ3n) is 2.78. The van der Waals surface area contributed by atoms with E-state index in [2.05, 4.69) is 4.98 Å². The third kappa shape index (κ3) is 1.97. The molecule has 2 atom stereocenters. The molecule has 0 unspecified atom stereocenters. The van der Waals surface area contributed by atoms with Crippen LogP contribution >= 0.6 is 0 Å². The van der Waals surface area contributed by atoms with E-state index in [1.165, 1.54) is 12.4 Å². The molecule has 1 aliphatic rings. The summed E-state index contributed by atoms with van der Waals surface area (Å²) in [7, 11) is 0. The molecule has 2 nitrogen and oxygen atoms in total. The maximum Gasteiger partial charge on any atom is 0.416 e. The van der Waals surface area contributed by atoms with E-state index in [1.807, 2.05) is 0 Å². The molecule has 0 amide bonds. The summed E-state index contributed by atoms with van der Waals surface area (Å²) in [6.45, 7) is 0.441. The highest BCUT2D eigenvalue weighted by molar-refractivity contribution is 5.33. The molecule has 2 N–H and O–H groups in total. The number of aromatic nitrogens is 1. The number of alkyl halides is 3. The van der Waals surface area contributed by atoms with Gasteiger partial charge in [-0.25, -0.2) is 0 Å². The van der Waals surface area contributed by atoms with Crippen molar-refractivity contribution in [3.05, 3.63) is 29.6 Å². The van der Waals surface area contributed by atoms with E-state index in [0.29, 0.717) is 12.1 Å². The van der Waals surface area contributed by atoms with Crippen LogP contribution in [-0.4, -0.2) is 11.5 Å². The summed E-state index contributed by atoms with van der Waals surface area (Å²) in [5, 5.41) is 0. The van der Waals surface area contributed by atoms with Gasteiger partial charge < -0.3 is 5.73 Å². The number of hydrogen-bond donors (Lipinski definition) is 1. The molecule has 1 aromatic heterocycles. The van der Waals surface area contributed by atoms with Crippen molar-refractivity contribution < 1.29 is 13.2 Å². The second-order valence-electron chi connectivity index (χ2n) is 3.80. The molecule has 0 radical (unpaired) electrons. The Kier molecular flexibility index (Phi) is 2.42. The first kappa shape index (κ1) is 10.4. The fourth-order valence-corrected chi connectivity index (χ4v) is 1.85. The smallest absolute Gasteiger partial charge is 0.330 e. The summed E-state index contributed by atoms with van der Waals surface area (Å²) in [4.78, 5) is 3.75. The van der Waals surface area contributed by atoms with Gasteiger partial charge in [0.25, 0.3) is 0 Å². The predicted molar refractivity (Wildman–Crippen MR) is 49.1 cm³/mol. The zero-order chi connectivity index (χ0) is 11.1. The van der Waals surface area contributed by atoms with Crippen LogP contribution in [0.25, 0.3) is 0 Å². The topological polar surface area (TPSA) is 38.9 Å². The number of pyridine rings is 1. The first-order chi connectivity index (χ1) is 7.04. The molecule has 1 fully saturated rings. The zero-order valence-corrected chi connectivity index (χ0v) is 7.96. The lowest BCUT2D eigenvalue weighted by atomic mass is 10.0.